The van der Waals surface area contributed by atoms with Crippen LogP contribution in [0.1, 0.15) is 36.5 Å². The van der Waals surface area contributed by atoms with Gasteiger partial charge in [0.25, 0.3) is 5.91 Å². The van der Waals surface area contributed by atoms with Gasteiger partial charge in [-0.15, -0.1) is 0 Å². The van der Waals surface area contributed by atoms with E-state index >= 15 is 0 Å². The van der Waals surface area contributed by atoms with Crippen molar-refractivity contribution in [3.63, 3.8) is 0 Å². The van der Waals surface area contributed by atoms with Gasteiger partial charge in [-0.2, -0.15) is 8.78 Å². The van der Waals surface area contributed by atoms with Crippen LogP contribution in [0.4, 0.5) is 8.78 Å². The van der Waals surface area contributed by atoms with E-state index in [1.54, 1.807) is 4.90 Å². The average Bonchev–Trinajstić information content (AvgIpc) is 2.56. The van der Waals surface area contributed by atoms with Crippen LogP contribution in [0, 0.1) is 5.41 Å². The molecular weight excluding hydrogens is 320 g/mol. The van der Waals surface area contributed by atoms with Gasteiger partial charge < -0.3 is 19.8 Å². The first-order valence-corrected chi connectivity index (χ1v) is 8.05. The third kappa shape index (κ3) is 4.02. The first-order chi connectivity index (χ1) is 11.4. The number of alkyl halides is 2. The summed E-state index contributed by atoms with van der Waals surface area (Å²) in [6, 6.07) is 5.52. The Morgan fingerprint density at radius 1 is 1.42 bits per heavy atom. The number of benzene rings is 1. The number of ether oxygens (including phenoxy) is 1. The quantitative estimate of drug-likeness (QED) is 0.831. The van der Waals surface area contributed by atoms with E-state index in [0.717, 1.165) is 6.42 Å². The summed E-state index contributed by atoms with van der Waals surface area (Å²) in [5, 5.41) is 20.0. The van der Waals surface area contributed by atoms with Crippen molar-refractivity contribution >= 4 is 5.91 Å². The summed E-state index contributed by atoms with van der Waals surface area (Å²) in [7, 11) is 0. The third-order valence-corrected chi connectivity index (χ3v) is 4.56. The lowest BCUT2D eigenvalue weighted by atomic mass is 9.74. The molecule has 1 aromatic carbocycles. The monoisotopic (exact) mass is 343 g/mol. The molecule has 7 heteroatoms. The van der Waals surface area contributed by atoms with E-state index in [9.17, 15) is 23.8 Å². The zero-order valence-electron chi connectivity index (χ0n) is 13.6. The molecule has 24 heavy (non-hydrogen) atoms. The molecule has 1 saturated heterocycles. The van der Waals surface area contributed by atoms with Crippen LogP contribution in [0.15, 0.2) is 24.3 Å². The SMILES string of the molecule is CCC[C@@]1(CO)CN(C(=O)c2ccc(OC(F)F)cc2)CC[C@@H]1O. The predicted molar refractivity (Wildman–Crippen MR) is 84.0 cm³/mol. The van der Waals surface area contributed by atoms with E-state index in [2.05, 4.69) is 4.74 Å². The number of amides is 1. The largest absolute Gasteiger partial charge is 0.435 e. The Hall–Kier alpha value is -1.73. The van der Waals surface area contributed by atoms with E-state index < -0.39 is 18.1 Å². The van der Waals surface area contributed by atoms with Gasteiger partial charge in [-0.1, -0.05) is 13.3 Å². The number of rotatable bonds is 6. The van der Waals surface area contributed by atoms with Gasteiger partial charge in [0.2, 0.25) is 0 Å². The maximum atomic E-state index is 12.6. The highest BCUT2D eigenvalue weighted by Crippen LogP contribution is 2.35. The summed E-state index contributed by atoms with van der Waals surface area (Å²) in [4.78, 5) is 14.2. The van der Waals surface area contributed by atoms with Crippen molar-refractivity contribution in [1.82, 2.24) is 4.90 Å². The van der Waals surface area contributed by atoms with Gasteiger partial charge in [0.1, 0.15) is 5.75 Å². The van der Waals surface area contributed by atoms with Gasteiger partial charge in [-0.3, -0.25) is 4.79 Å². The standard InChI is InChI=1S/C17H23F2NO4/c1-2-8-17(11-21)10-20(9-7-14(17)22)15(23)12-3-5-13(6-4-12)24-16(18)19/h3-6,14,16,21-22H,2,7-11H2,1H3/t14-,17-/m0/s1. The van der Waals surface area contributed by atoms with Gasteiger partial charge in [0, 0.05) is 24.1 Å². The van der Waals surface area contributed by atoms with Crippen LogP contribution in [0.3, 0.4) is 0 Å². The molecule has 134 valence electrons. The molecule has 1 aliphatic heterocycles. The first-order valence-electron chi connectivity index (χ1n) is 8.05. The van der Waals surface area contributed by atoms with Crippen LogP contribution in [0.25, 0.3) is 0 Å². The molecule has 0 aliphatic carbocycles. The predicted octanol–water partition coefficient (Wildman–Crippen LogP) is 2.27. The van der Waals surface area contributed by atoms with Crippen LogP contribution >= 0.6 is 0 Å². The number of carbonyl (C=O) groups is 1. The molecule has 0 bridgehead atoms. The fraction of sp³-hybridized carbons (Fsp3) is 0.588. The summed E-state index contributed by atoms with van der Waals surface area (Å²) in [5.41, 5.74) is -0.349. The Balaban J connectivity index is 2.11. The normalized spacial score (nSPS) is 24.2. The minimum Gasteiger partial charge on any atom is -0.435 e. The fourth-order valence-electron chi connectivity index (χ4n) is 3.26. The van der Waals surface area contributed by atoms with Crippen LogP contribution in [0.5, 0.6) is 5.75 Å². The molecule has 0 spiro atoms. The molecule has 2 rings (SSSR count). The van der Waals surface area contributed by atoms with Crippen molar-refractivity contribution in [2.24, 2.45) is 5.41 Å². The van der Waals surface area contributed by atoms with E-state index in [1.165, 1.54) is 24.3 Å². The molecule has 1 fully saturated rings. The third-order valence-electron chi connectivity index (χ3n) is 4.56. The molecule has 2 atom stereocenters. The van der Waals surface area contributed by atoms with E-state index in [1.807, 2.05) is 6.92 Å². The number of nitrogens with zero attached hydrogens (tertiary/aromatic N) is 1. The zero-order chi connectivity index (χ0) is 17.7. The van der Waals surface area contributed by atoms with Crippen molar-refractivity contribution in [3.8, 4) is 5.75 Å². The number of piperidine rings is 1. The van der Waals surface area contributed by atoms with Crippen molar-refractivity contribution < 1.29 is 28.5 Å². The molecule has 5 nitrogen and oxygen atoms in total. The number of aliphatic hydroxyl groups is 2. The molecule has 0 saturated carbocycles. The van der Waals surface area contributed by atoms with E-state index in [0.29, 0.717) is 24.9 Å². The number of hydrogen-bond donors (Lipinski definition) is 2. The van der Waals surface area contributed by atoms with E-state index in [-0.39, 0.29) is 24.8 Å². The molecule has 0 radical (unpaired) electrons. The summed E-state index contributed by atoms with van der Waals surface area (Å²) in [5.74, 6) is -0.259. The topological polar surface area (TPSA) is 70.0 Å². The fourth-order valence-corrected chi connectivity index (χ4v) is 3.26. The second kappa shape index (κ2) is 7.90. The number of halogens is 2. The summed E-state index contributed by atoms with van der Waals surface area (Å²) >= 11 is 0. The first kappa shape index (κ1) is 18.6. The summed E-state index contributed by atoms with van der Waals surface area (Å²) in [6.45, 7) is -0.471. The molecular formula is C17H23F2NO4. The Labute approximate surface area is 139 Å². The molecule has 1 aliphatic rings. The lowest BCUT2D eigenvalue weighted by Crippen LogP contribution is -2.55. The van der Waals surface area contributed by atoms with Gasteiger partial charge in [-0.25, -0.2) is 0 Å². The summed E-state index contributed by atoms with van der Waals surface area (Å²) < 4.78 is 28.6. The molecule has 0 aromatic heterocycles. The van der Waals surface area contributed by atoms with Crippen LogP contribution in [0.2, 0.25) is 0 Å². The molecule has 0 unspecified atom stereocenters. The number of hydrogen-bond acceptors (Lipinski definition) is 4. The Kier molecular flexibility index (Phi) is 6.12. The number of likely N-dealkylation sites (tertiary alicyclic amines) is 1. The van der Waals surface area contributed by atoms with Gasteiger partial charge in [0.15, 0.2) is 0 Å². The number of carbonyl (C=O) groups excluding carboxylic acids is 1. The van der Waals surface area contributed by atoms with Crippen LogP contribution in [-0.2, 0) is 0 Å². The molecule has 1 amide bonds. The summed E-state index contributed by atoms with van der Waals surface area (Å²) in [6.07, 6.45) is 1.17. The molecule has 1 heterocycles. The van der Waals surface area contributed by atoms with Gasteiger partial charge in [0.05, 0.1) is 12.7 Å². The van der Waals surface area contributed by atoms with Crippen molar-refractivity contribution in [2.75, 3.05) is 19.7 Å². The molecule has 2 N–H and O–H groups in total. The van der Waals surface area contributed by atoms with Crippen LogP contribution in [-0.4, -0.2) is 53.4 Å². The average molecular weight is 343 g/mol. The zero-order valence-corrected chi connectivity index (χ0v) is 13.6. The van der Waals surface area contributed by atoms with Crippen molar-refractivity contribution in [3.05, 3.63) is 29.8 Å². The van der Waals surface area contributed by atoms with Gasteiger partial charge in [-0.05, 0) is 37.1 Å². The van der Waals surface area contributed by atoms with E-state index in [4.69, 9.17) is 0 Å². The second-order valence-corrected chi connectivity index (χ2v) is 6.20. The second-order valence-electron chi connectivity index (χ2n) is 6.20. The minimum atomic E-state index is -2.91. The Bertz CT molecular complexity index is 552. The Morgan fingerprint density at radius 3 is 2.62 bits per heavy atom. The lowest BCUT2D eigenvalue weighted by Gasteiger charge is -2.45. The smallest absolute Gasteiger partial charge is 0.387 e. The van der Waals surface area contributed by atoms with Crippen molar-refractivity contribution in [2.45, 2.75) is 38.9 Å². The maximum Gasteiger partial charge on any atom is 0.387 e. The van der Waals surface area contributed by atoms with Gasteiger partial charge >= 0.3 is 6.61 Å². The minimum absolute atomic E-state index is 0.00805. The highest BCUT2D eigenvalue weighted by Gasteiger charge is 2.43. The van der Waals surface area contributed by atoms with Crippen molar-refractivity contribution in [1.29, 1.82) is 0 Å². The maximum absolute atomic E-state index is 12.6. The molecule has 1 aromatic rings. The highest BCUT2D eigenvalue weighted by atomic mass is 19.3. The Morgan fingerprint density at radius 2 is 2.08 bits per heavy atom. The highest BCUT2D eigenvalue weighted by molar-refractivity contribution is 5.94. The van der Waals surface area contributed by atoms with Crippen LogP contribution < -0.4 is 4.74 Å². The number of aliphatic hydroxyl groups excluding tert-OH is 2. The lowest BCUT2D eigenvalue weighted by molar-refractivity contribution is -0.0720.